The van der Waals surface area contributed by atoms with Crippen LogP contribution in [0.5, 0.6) is 0 Å². The number of rotatable bonds is 5. The van der Waals surface area contributed by atoms with Gasteiger partial charge >= 0.3 is 6.03 Å². The van der Waals surface area contributed by atoms with Crippen molar-refractivity contribution in [2.24, 2.45) is 0 Å². The van der Waals surface area contributed by atoms with Crippen molar-refractivity contribution in [1.82, 2.24) is 5.32 Å². The zero-order valence-corrected chi connectivity index (χ0v) is 13.9. The van der Waals surface area contributed by atoms with Crippen LogP contribution in [0.1, 0.15) is 43.4 Å². The van der Waals surface area contributed by atoms with Crippen LogP contribution < -0.4 is 10.6 Å². The first-order valence-electron chi connectivity index (χ1n) is 8.44. The van der Waals surface area contributed by atoms with E-state index in [1.54, 1.807) is 0 Å². The third kappa shape index (κ3) is 3.24. The Morgan fingerprint density at radius 1 is 0.957 bits per heavy atom. The molecule has 0 atom stereocenters. The van der Waals surface area contributed by atoms with Crippen LogP contribution >= 0.6 is 0 Å². The monoisotopic (exact) mass is 308 g/mol. The first kappa shape index (κ1) is 15.6. The van der Waals surface area contributed by atoms with Gasteiger partial charge in [-0.2, -0.15) is 0 Å². The highest BCUT2D eigenvalue weighted by Crippen LogP contribution is 2.45. The number of carbonyl (C=O) groups excluding carboxylic acids is 1. The number of aryl methyl sites for hydroxylation is 2. The molecule has 1 aliphatic carbocycles. The molecule has 3 nitrogen and oxygen atoms in total. The van der Waals surface area contributed by atoms with Crippen molar-refractivity contribution in [3.63, 3.8) is 0 Å². The van der Waals surface area contributed by atoms with Crippen LogP contribution in [-0.4, -0.2) is 6.03 Å². The summed E-state index contributed by atoms with van der Waals surface area (Å²) in [4.78, 5) is 12.6. The summed E-state index contributed by atoms with van der Waals surface area (Å²) in [6, 6.07) is 16.3. The number of benzene rings is 2. The van der Waals surface area contributed by atoms with Gasteiger partial charge in [0, 0.05) is 5.69 Å². The van der Waals surface area contributed by atoms with Crippen LogP contribution in [0, 0.1) is 0 Å². The van der Waals surface area contributed by atoms with Crippen LogP contribution in [0.2, 0.25) is 0 Å². The molecule has 1 saturated carbocycles. The Bertz CT molecular complexity index is 668. The van der Waals surface area contributed by atoms with E-state index in [2.05, 4.69) is 54.8 Å². The van der Waals surface area contributed by atoms with Gasteiger partial charge in [0.05, 0.1) is 5.54 Å². The second-order valence-electron chi connectivity index (χ2n) is 6.19. The van der Waals surface area contributed by atoms with Crippen molar-refractivity contribution in [1.29, 1.82) is 0 Å². The van der Waals surface area contributed by atoms with Crippen molar-refractivity contribution in [3.05, 3.63) is 65.2 Å². The van der Waals surface area contributed by atoms with Gasteiger partial charge in [-0.25, -0.2) is 4.79 Å². The van der Waals surface area contributed by atoms with E-state index in [1.807, 2.05) is 18.2 Å². The summed E-state index contributed by atoms with van der Waals surface area (Å²) in [5.41, 5.74) is 4.35. The SMILES string of the molecule is CCc1cccc(CC)c1NC(=O)NC1(c2ccccc2)CC1. The molecule has 0 bridgehead atoms. The highest BCUT2D eigenvalue weighted by atomic mass is 16.2. The third-order valence-electron chi connectivity index (χ3n) is 4.67. The minimum Gasteiger partial charge on any atom is -0.328 e. The number of hydrogen-bond donors (Lipinski definition) is 2. The average Bonchev–Trinajstić information content (AvgIpc) is 3.36. The summed E-state index contributed by atoms with van der Waals surface area (Å²) in [6.07, 6.45) is 3.82. The van der Waals surface area contributed by atoms with Gasteiger partial charge in [0.15, 0.2) is 0 Å². The third-order valence-corrected chi connectivity index (χ3v) is 4.67. The number of anilines is 1. The second kappa shape index (κ2) is 6.45. The molecule has 23 heavy (non-hydrogen) atoms. The maximum Gasteiger partial charge on any atom is 0.319 e. The van der Waals surface area contributed by atoms with Gasteiger partial charge in [-0.3, -0.25) is 0 Å². The molecule has 2 aromatic carbocycles. The molecular weight excluding hydrogens is 284 g/mol. The molecule has 3 rings (SSSR count). The molecule has 2 N–H and O–H groups in total. The van der Waals surface area contributed by atoms with Crippen molar-refractivity contribution >= 4 is 11.7 Å². The molecule has 2 amide bonds. The Morgan fingerprint density at radius 2 is 1.57 bits per heavy atom. The minimum atomic E-state index is -0.182. The first-order chi connectivity index (χ1) is 11.2. The number of urea groups is 1. The number of amides is 2. The van der Waals surface area contributed by atoms with Gasteiger partial charge in [0.2, 0.25) is 0 Å². The summed E-state index contributed by atoms with van der Waals surface area (Å²) in [5.74, 6) is 0. The molecule has 1 aliphatic rings. The lowest BCUT2D eigenvalue weighted by Crippen LogP contribution is -2.38. The predicted octanol–water partition coefficient (Wildman–Crippen LogP) is 4.62. The molecule has 2 aromatic rings. The minimum absolute atomic E-state index is 0.109. The average molecular weight is 308 g/mol. The van der Waals surface area contributed by atoms with Gasteiger partial charge in [-0.05, 0) is 42.4 Å². The van der Waals surface area contributed by atoms with Crippen LogP contribution in [0.15, 0.2) is 48.5 Å². The number of hydrogen-bond acceptors (Lipinski definition) is 1. The first-order valence-corrected chi connectivity index (χ1v) is 8.44. The zero-order chi connectivity index (χ0) is 16.3. The largest absolute Gasteiger partial charge is 0.328 e. The normalized spacial score (nSPS) is 15.0. The summed E-state index contributed by atoms with van der Waals surface area (Å²) in [7, 11) is 0. The molecule has 0 aromatic heterocycles. The van der Waals surface area contributed by atoms with Crippen LogP contribution in [0.25, 0.3) is 0 Å². The zero-order valence-electron chi connectivity index (χ0n) is 13.9. The Morgan fingerprint density at radius 3 is 2.09 bits per heavy atom. The van der Waals surface area contributed by atoms with Crippen molar-refractivity contribution in [3.8, 4) is 0 Å². The van der Waals surface area contributed by atoms with Crippen LogP contribution in [0.3, 0.4) is 0 Å². The Labute approximate surface area is 138 Å². The molecule has 120 valence electrons. The van der Waals surface area contributed by atoms with Crippen molar-refractivity contribution in [2.45, 2.75) is 45.1 Å². The molecule has 0 spiro atoms. The van der Waals surface area contributed by atoms with Crippen LogP contribution in [-0.2, 0) is 18.4 Å². The maximum atomic E-state index is 12.6. The molecular formula is C20H24N2O. The van der Waals surface area contributed by atoms with E-state index >= 15 is 0 Å². The fourth-order valence-corrected chi connectivity index (χ4v) is 3.13. The predicted molar refractivity (Wildman–Crippen MR) is 94.7 cm³/mol. The number of nitrogens with one attached hydrogen (secondary N) is 2. The lowest BCUT2D eigenvalue weighted by molar-refractivity contribution is 0.247. The molecule has 0 saturated heterocycles. The maximum absolute atomic E-state index is 12.6. The molecule has 3 heteroatoms. The quantitative estimate of drug-likeness (QED) is 0.831. The Hall–Kier alpha value is -2.29. The van der Waals surface area contributed by atoms with Crippen molar-refractivity contribution < 1.29 is 4.79 Å². The summed E-state index contributed by atoms with van der Waals surface area (Å²) >= 11 is 0. The number of para-hydroxylation sites is 1. The fraction of sp³-hybridized carbons (Fsp3) is 0.350. The molecule has 1 fully saturated rings. The van der Waals surface area contributed by atoms with Gasteiger partial charge in [-0.15, -0.1) is 0 Å². The highest BCUT2D eigenvalue weighted by molar-refractivity contribution is 5.92. The van der Waals surface area contributed by atoms with Gasteiger partial charge in [0.1, 0.15) is 0 Å². The van der Waals surface area contributed by atoms with E-state index < -0.39 is 0 Å². The van der Waals surface area contributed by atoms with E-state index in [1.165, 1.54) is 16.7 Å². The molecule has 0 unspecified atom stereocenters. The van der Waals surface area contributed by atoms with Crippen molar-refractivity contribution in [2.75, 3.05) is 5.32 Å². The molecule has 0 radical (unpaired) electrons. The van der Waals surface area contributed by atoms with E-state index in [-0.39, 0.29) is 11.6 Å². The topological polar surface area (TPSA) is 41.1 Å². The van der Waals surface area contributed by atoms with E-state index in [4.69, 9.17) is 0 Å². The summed E-state index contributed by atoms with van der Waals surface area (Å²) < 4.78 is 0. The van der Waals surface area contributed by atoms with Gasteiger partial charge in [0.25, 0.3) is 0 Å². The highest BCUT2D eigenvalue weighted by Gasteiger charge is 2.45. The van der Waals surface area contributed by atoms with E-state index in [0.717, 1.165) is 31.4 Å². The standard InChI is InChI=1S/C20H24N2O/c1-3-15-9-8-10-16(4-2)18(15)21-19(23)22-20(13-14-20)17-11-6-5-7-12-17/h5-12H,3-4,13-14H2,1-2H3,(H2,21,22,23). The lowest BCUT2D eigenvalue weighted by atomic mass is 10.0. The lowest BCUT2D eigenvalue weighted by Gasteiger charge is -2.20. The molecule has 0 aliphatic heterocycles. The van der Waals surface area contributed by atoms with E-state index in [9.17, 15) is 4.79 Å². The molecule has 0 heterocycles. The van der Waals surface area contributed by atoms with Gasteiger partial charge < -0.3 is 10.6 Å². The Kier molecular flexibility index (Phi) is 4.37. The summed E-state index contributed by atoms with van der Waals surface area (Å²) in [5, 5.41) is 6.28. The van der Waals surface area contributed by atoms with Gasteiger partial charge in [-0.1, -0.05) is 62.4 Å². The Balaban J connectivity index is 1.76. The second-order valence-corrected chi connectivity index (χ2v) is 6.19. The fourth-order valence-electron chi connectivity index (χ4n) is 3.13. The van der Waals surface area contributed by atoms with Crippen LogP contribution in [0.4, 0.5) is 10.5 Å². The summed E-state index contributed by atoms with van der Waals surface area (Å²) in [6.45, 7) is 4.23. The number of carbonyl (C=O) groups is 1. The van der Waals surface area contributed by atoms with E-state index in [0.29, 0.717) is 0 Å². The smallest absolute Gasteiger partial charge is 0.319 e.